The zero-order chi connectivity index (χ0) is 28.6. The highest BCUT2D eigenvalue weighted by Gasteiger charge is 2.35. The second-order valence-corrected chi connectivity index (χ2v) is 13.4. The minimum absolute atomic E-state index is 0.0502. The highest BCUT2D eigenvalue weighted by molar-refractivity contribution is 7.89. The average Bonchev–Trinajstić information content (AvgIpc) is 3.50. The number of hydrogen-bond acceptors (Lipinski definition) is 7. The maximum absolute atomic E-state index is 14.0. The van der Waals surface area contributed by atoms with E-state index >= 15 is 0 Å². The summed E-state index contributed by atoms with van der Waals surface area (Å²) in [5.74, 6) is 0.224. The van der Waals surface area contributed by atoms with Crippen LogP contribution in [0.25, 0.3) is 10.2 Å². The first-order chi connectivity index (χ1) is 19.1. The minimum Gasteiger partial charge on any atom is -0.497 e. The van der Waals surface area contributed by atoms with E-state index in [9.17, 15) is 13.2 Å². The Bertz CT molecular complexity index is 1640. The van der Waals surface area contributed by atoms with Gasteiger partial charge in [0.1, 0.15) is 5.75 Å². The Balaban J connectivity index is 1.36. The molecule has 0 unspecified atom stereocenters. The Morgan fingerprint density at radius 1 is 1.12 bits per heavy atom. The van der Waals surface area contributed by atoms with Crippen molar-refractivity contribution in [2.45, 2.75) is 45.1 Å². The van der Waals surface area contributed by atoms with Gasteiger partial charge in [0, 0.05) is 36.3 Å². The molecule has 3 heterocycles. The van der Waals surface area contributed by atoms with Crippen molar-refractivity contribution < 1.29 is 17.9 Å². The number of ether oxygens (including phenoxy) is 1. The third kappa shape index (κ3) is 5.74. The molecule has 0 spiro atoms. The molecule has 2 aromatic heterocycles. The van der Waals surface area contributed by atoms with Gasteiger partial charge >= 0.3 is 0 Å². The van der Waals surface area contributed by atoms with E-state index in [1.165, 1.54) is 22.8 Å². The molecule has 12 heteroatoms. The Morgan fingerprint density at radius 2 is 1.82 bits per heavy atom. The summed E-state index contributed by atoms with van der Waals surface area (Å²) in [6, 6.07) is 12.1. The van der Waals surface area contributed by atoms with E-state index in [1.807, 2.05) is 43.7 Å². The fourth-order valence-electron chi connectivity index (χ4n) is 5.11. The molecule has 0 saturated carbocycles. The van der Waals surface area contributed by atoms with Crippen molar-refractivity contribution >= 4 is 54.2 Å². The summed E-state index contributed by atoms with van der Waals surface area (Å²) in [5.41, 5.74) is 3.72. The maximum Gasteiger partial charge on any atom is 0.243 e. The molecule has 1 fully saturated rings. The molecule has 5 rings (SSSR count). The molecule has 1 aliphatic heterocycles. The van der Waals surface area contributed by atoms with Crippen molar-refractivity contribution in [3.8, 4) is 5.75 Å². The van der Waals surface area contributed by atoms with Crippen LogP contribution in [0.15, 0.2) is 47.4 Å². The number of piperidine rings is 1. The lowest BCUT2D eigenvalue weighted by molar-refractivity contribution is -0.123. The lowest BCUT2D eigenvalue weighted by atomic mass is 9.96. The third-order valence-corrected chi connectivity index (χ3v) is 10.4. The minimum atomic E-state index is -3.66. The number of methoxy groups -OCH3 is 1. The second-order valence-electron chi connectivity index (χ2n) is 10.1. The molecule has 0 atom stereocenters. The number of thiazole rings is 1. The molecular formula is C28H32ClN5O4S2. The molecule has 40 heavy (non-hydrogen) atoms. The molecular weight excluding hydrogens is 570 g/mol. The van der Waals surface area contributed by atoms with Crippen molar-refractivity contribution in [1.82, 2.24) is 19.1 Å². The fourth-order valence-corrected chi connectivity index (χ4v) is 8.04. The monoisotopic (exact) mass is 601 g/mol. The zero-order valence-corrected chi connectivity index (χ0v) is 25.3. The number of carbonyl (C=O) groups excluding carboxylic acids is 1. The number of nitrogens with zero attached hydrogens (tertiary/aromatic N) is 5. The van der Waals surface area contributed by atoms with Gasteiger partial charge in [0.05, 0.1) is 34.5 Å². The van der Waals surface area contributed by atoms with Crippen LogP contribution in [-0.4, -0.2) is 60.1 Å². The standard InChI is InChI=1S/C28H32ClN5O4S2/c1-18-15-22(29)17-25-26(18)30-28(39-25)33(13-14-34-20(3)16-19(2)31-34)27(35)21-9-11-32(12-10-21)40(36,37)24-7-5-23(38-4)6-8-24/h5-8,15-17,21H,9-14H2,1-4H3. The number of rotatable bonds is 8. The molecule has 9 nitrogen and oxygen atoms in total. The van der Waals surface area contributed by atoms with Gasteiger partial charge in [0.25, 0.3) is 0 Å². The first kappa shape index (κ1) is 28.5. The number of halogens is 1. The van der Waals surface area contributed by atoms with E-state index in [-0.39, 0.29) is 29.8 Å². The number of anilines is 1. The van der Waals surface area contributed by atoms with Crippen LogP contribution in [0.4, 0.5) is 5.13 Å². The summed E-state index contributed by atoms with van der Waals surface area (Å²) in [7, 11) is -2.13. The van der Waals surface area contributed by atoms with Gasteiger partial charge in [-0.3, -0.25) is 14.4 Å². The Kier molecular flexibility index (Phi) is 8.19. The van der Waals surface area contributed by atoms with Crippen LogP contribution in [0.1, 0.15) is 29.8 Å². The van der Waals surface area contributed by atoms with Crippen molar-refractivity contribution in [2.24, 2.45) is 5.92 Å². The summed E-state index contributed by atoms with van der Waals surface area (Å²) in [6.07, 6.45) is 0.862. The lowest BCUT2D eigenvalue weighted by Gasteiger charge is -2.33. The van der Waals surface area contributed by atoms with Crippen LogP contribution in [0, 0.1) is 26.7 Å². The maximum atomic E-state index is 14.0. The number of aromatic nitrogens is 3. The van der Waals surface area contributed by atoms with E-state index in [0.29, 0.717) is 41.8 Å². The Labute approximate surface area is 243 Å². The van der Waals surface area contributed by atoms with Crippen LogP contribution < -0.4 is 9.64 Å². The van der Waals surface area contributed by atoms with Gasteiger partial charge in [0.2, 0.25) is 15.9 Å². The Morgan fingerprint density at radius 3 is 2.45 bits per heavy atom. The molecule has 0 bridgehead atoms. The Hall–Kier alpha value is -2.99. The second kappa shape index (κ2) is 11.5. The molecule has 0 radical (unpaired) electrons. The smallest absolute Gasteiger partial charge is 0.243 e. The van der Waals surface area contributed by atoms with Gasteiger partial charge in [0.15, 0.2) is 5.13 Å². The van der Waals surface area contributed by atoms with Crippen molar-refractivity contribution in [1.29, 1.82) is 0 Å². The number of sulfonamides is 1. The van der Waals surface area contributed by atoms with Gasteiger partial charge in [-0.2, -0.15) is 9.40 Å². The number of aryl methyl sites for hydroxylation is 3. The van der Waals surface area contributed by atoms with Crippen LogP contribution in [0.5, 0.6) is 5.75 Å². The molecule has 2 aromatic carbocycles. The fraction of sp³-hybridized carbons (Fsp3) is 0.393. The molecule has 0 aliphatic carbocycles. The topological polar surface area (TPSA) is 97.6 Å². The molecule has 1 saturated heterocycles. The summed E-state index contributed by atoms with van der Waals surface area (Å²) in [4.78, 5) is 20.8. The van der Waals surface area contributed by atoms with E-state index in [2.05, 4.69) is 5.10 Å². The number of hydrogen-bond donors (Lipinski definition) is 0. The van der Waals surface area contributed by atoms with Crippen LogP contribution in [0.3, 0.4) is 0 Å². The van der Waals surface area contributed by atoms with Gasteiger partial charge in [-0.1, -0.05) is 22.9 Å². The highest BCUT2D eigenvalue weighted by Crippen LogP contribution is 2.35. The van der Waals surface area contributed by atoms with Crippen molar-refractivity contribution in [2.75, 3.05) is 31.6 Å². The van der Waals surface area contributed by atoms with Gasteiger partial charge in [-0.15, -0.1) is 0 Å². The first-order valence-electron chi connectivity index (χ1n) is 13.1. The van der Waals surface area contributed by atoms with Gasteiger partial charge in [-0.25, -0.2) is 13.4 Å². The van der Waals surface area contributed by atoms with E-state index in [0.717, 1.165) is 27.2 Å². The van der Waals surface area contributed by atoms with E-state index in [4.69, 9.17) is 21.3 Å². The third-order valence-electron chi connectivity index (χ3n) is 7.28. The first-order valence-corrected chi connectivity index (χ1v) is 15.7. The quantitative estimate of drug-likeness (QED) is 0.275. The van der Waals surface area contributed by atoms with Crippen LogP contribution >= 0.6 is 22.9 Å². The van der Waals surface area contributed by atoms with Crippen LogP contribution in [0.2, 0.25) is 5.02 Å². The normalized spacial score (nSPS) is 15.0. The molecule has 4 aromatic rings. The number of carbonyl (C=O) groups is 1. The van der Waals surface area contributed by atoms with Crippen molar-refractivity contribution in [3.63, 3.8) is 0 Å². The number of amides is 1. The predicted octanol–water partition coefficient (Wildman–Crippen LogP) is 5.21. The summed E-state index contributed by atoms with van der Waals surface area (Å²) >= 11 is 7.73. The number of benzene rings is 2. The predicted molar refractivity (Wildman–Crippen MR) is 158 cm³/mol. The average molecular weight is 602 g/mol. The molecule has 1 aliphatic rings. The zero-order valence-electron chi connectivity index (χ0n) is 22.9. The SMILES string of the molecule is COc1ccc(S(=O)(=O)N2CCC(C(=O)N(CCn3nc(C)cc3C)c3nc4c(C)cc(Cl)cc4s3)CC2)cc1. The summed E-state index contributed by atoms with van der Waals surface area (Å²) in [5, 5.41) is 5.80. The van der Waals surface area contributed by atoms with Gasteiger partial charge < -0.3 is 4.74 Å². The molecule has 0 N–H and O–H groups in total. The number of fused-ring (bicyclic) bond motifs is 1. The van der Waals surface area contributed by atoms with Crippen molar-refractivity contribution in [3.05, 3.63) is 64.4 Å². The molecule has 212 valence electrons. The lowest BCUT2D eigenvalue weighted by Crippen LogP contribution is -2.45. The van der Waals surface area contributed by atoms with E-state index in [1.54, 1.807) is 29.2 Å². The highest BCUT2D eigenvalue weighted by atomic mass is 35.5. The largest absolute Gasteiger partial charge is 0.497 e. The summed E-state index contributed by atoms with van der Waals surface area (Å²) < 4.78 is 35.9. The summed E-state index contributed by atoms with van der Waals surface area (Å²) in [6.45, 7) is 7.35. The molecule has 1 amide bonds. The van der Waals surface area contributed by atoms with Gasteiger partial charge in [-0.05, 0) is 81.6 Å². The van der Waals surface area contributed by atoms with E-state index < -0.39 is 10.0 Å². The van der Waals surface area contributed by atoms with Crippen LogP contribution in [-0.2, 0) is 21.4 Å².